The summed E-state index contributed by atoms with van der Waals surface area (Å²) in [4.78, 5) is 12.1. The summed E-state index contributed by atoms with van der Waals surface area (Å²) in [7, 11) is 0. The van der Waals surface area contributed by atoms with Crippen molar-refractivity contribution in [3.05, 3.63) is 29.8 Å². The van der Waals surface area contributed by atoms with E-state index in [1.54, 1.807) is 0 Å². The Labute approximate surface area is 109 Å². The first-order chi connectivity index (χ1) is 8.66. The number of anilines is 1. The minimum Gasteiger partial charge on any atom is -0.325 e. The van der Waals surface area contributed by atoms with Gasteiger partial charge in [0.2, 0.25) is 5.91 Å². The third-order valence-electron chi connectivity index (χ3n) is 3.45. The normalized spacial score (nSPS) is 19.8. The SMILES string of the molecule is CC(C)c1cccc(NC(=O)[C@@H]2CCCCN2)c1. The van der Waals surface area contributed by atoms with Crippen LogP contribution in [0.1, 0.15) is 44.6 Å². The van der Waals surface area contributed by atoms with Gasteiger partial charge in [0.1, 0.15) is 0 Å². The molecule has 1 fully saturated rings. The molecule has 0 spiro atoms. The topological polar surface area (TPSA) is 41.1 Å². The van der Waals surface area contributed by atoms with Crippen LogP contribution in [0.25, 0.3) is 0 Å². The fourth-order valence-corrected chi connectivity index (χ4v) is 2.28. The van der Waals surface area contributed by atoms with Crippen molar-refractivity contribution < 1.29 is 4.79 Å². The lowest BCUT2D eigenvalue weighted by atomic mass is 10.0. The molecule has 0 bridgehead atoms. The van der Waals surface area contributed by atoms with Gasteiger partial charge in [0, 0.05) is 5.69 Å². The quantitative estimate of drug-likeness (QED) is 0.861. The van der Waals surface area contributed by atoms with E-state index in [4.69, 9.17) is 0 Å². The molecule has 1 aliphatic heterocycles. The van der Waals surface area contributed by atoms with E-state index >= 15 is 0 Å². The smallest absolute Gasteiger partial charge is 0.241 e. The Morgan fingerprint density at radius 3 is 2.89 bits per heavy atom. The Morgan fingerprint density at radius 2 is 2.22 bits per heavy atom. The van der Waals surface area contributed by atoms with Gasteiger partial charge in [-0.2, -0.15) is 0 Å². The molecule has 1 atom stereocenters. The van der Waals surface area contributed by atoms with E-state index in [1.807, 2.05) is 12.1 Å². The first-order valence-electron chi connectivity index (χ1n) is 6.81. The Morgan fingerprint density at radius 1 is 1.39 bits per heavy atom. The molecule has 0 radical (unpaired) electrons. The molecule has 2 rings (SSSR count). The van der Waals surface area contributed by atoms with Crippen LogP contribution < -0.4 is 10.6 Å². The fourth-order valence-electron chi connectivity index (χ4n) is 2.28. The van der Waals surface area contributed by atoms with Gasteiger partial charge in [0.05, 0.1) is 6.04 Å². The van der Waals surface area contributed by atoms with E-state index in [2.05, 4.69) is 36.6 Å². The van der Waals surface area contributed by atoms with Crippen molar-refractivity contribution >= 4 is 11.6 Å². The Hall–Kier alpha value is -1.35. The van der Waals surface area contributed by atoms with Gasteiger partial charge in [-0.25, -0.2) is 0 Å². The maximum absolute atomic E-state index is 12.1. The van der Waals surface area contributed by atoms with Crippen LogP contribution in [0, 0.1) is 0 Å². The summed E-state index contributed by atoms with van der Waals surface area (Å²) in [5.41, 5.74) is 2.16. The molecule has 98 valence electrons. The Bertz CT molecular complexity index is 409. The van der Waals surface area contributed by atoms with Gasteiger partial charge in [-0.3, -0.25) is 4.79 Å². The lowest BCUT2D eigenvalue weighted by Gasteiger charge is -2.22. The van der Waals surface area contributed by atoms with Crippen LogP contribution in [0.4, 0.5) is 5.69 Å². The third-order valence-corrected chi connectivity index (χ3v) is 3.45. The predicted molar refractivity (Wildman–Crippen MR) is 74.8 cm³/mol. The van der Waals surface area contributed by atoms with Crippen molar-refractivity contribution in [2.45, 2.75) is 45.1 Å². The van der Waals surface area contributed by atoms with Crippen LogP contribution in [0.5, 0.6) is 0 Å². The molecule has 18 heavy (non-hydrogen) atoms. The lowest BCUT2D eigenvalue weighted by molar-refractivity contribution is -0.118. The predicted octanol–water partition coefficient (Wildman–Crippen LogP) is 2.89. The molecule has 1 saturated heterocycles. The third kappa shape index (κ3) is 3.33. The highest BCUT2D eigenvalue weighted by molar-refractivity contribution is 5.94. The second kappa shape index (κ2) is 6.01. The van der Waals surface area contributed by atoms with Gasteiger partial charge in [-0.15, -0.1) is 0 Å². The average molecular weight is 246 g/mol. The molecule has 0 saturated carbocycles. The molecule has 0 aliphatic carbocycles. The number of carbonyl (C=O) groups is 1. The summed E-state index contributed by atoms with van der Waals surface area (Å²) >= 11 is 0. The zero-order valence-electron chi connectivity index (χ0n) is 11.2. The number of piperidine rings is 1. The second-order valence-electron chi connectivity index (χ2n) is 5.27. The molecular formula is C15H22N2O. The number of benzene rings is 1. The molecular weight excluding hydrogens is 224 g/mol. The van der Waals surface area contributed by atoms with E-state index < -0.39 is 0 Å². The van der Waals surface area contributed by atoms with Crippen molar-refractivity contribution in [1.29, 1.82) is 0 Å². The first kappa shape index (κ1) is 13.1. The molecule has 1 aromatic rings. The monoisotopic (exact) mass is 246 g/mol. The first-order valence-corrected chi connectivity index (χ1v) is 6.81. The molecule has 0 aromatic heterocycles. The number of amides is 1. The zero-order chi connectivity index (χ0) is 13.0. The minimum absolute atomic E-state index is 0.0264. The van der Waals surface area contributed by atoms with Gasteiger partial charge < -0.3 is 10.6 Å². The highest BCUT2D eigenvalue weighted by Gasteiger charge is 2.20. The molecule has 1 aromatic carbocycles. The molecule has 1 heterocycles. The van der Waals surface area contributed by atoms with Gasteiger partial charge in [-0.05, 0) is 43.0 Å². The number of carbonyl (C=O) groups excluding carboxylic acids is 1. The summed E-state index contributed by atoms with van der Waals surface area (Å²) in [6.07, 6.45) is 3.25. The molecule has 3 heteroatoms. The number of hydrogen-bond donors (Lipinski definition) is 2. The van der Waals surface area contributed by atoms with E-state index in [0.29, 0.717) is 5.92 Å². The highest BCUT2D eigenvalue weighted by atomic mass is 16.2. The van der Waals surface area contributed by atoms with Crippen LogP contribution in [0.3, 0.4) is 0 Å². The lowest BCUT2D eigenvalue weighted by Crippen LogP contribution is -2.43. The van der Waals surface area contributed by atoms with E-state index in [9.17, 15) is 4.79 Å². The van der Waals surface area contributed by atoms with Crippen LogP contribution in [0.2, 0.25) is 0 Å². The van der Waals surface area contributed by atoms with Crippen LogP contribution in [0.15, 0.2) is 24.3 Å². The molecule has 2 N–H and O–H groups in total. The van der Waals surface area contributed by atoms with Crippen LogP contribution in [-0.4, -0.2) is 18.5 Å². The van der Waals surface area contributed by atoms with Crippen LogP contribution >= 0.6 is 0 Å². The molecule has 0 unspecified atom stereocenters. The van der Waals surface area contributed by atoms with E-state index in [0.717, 1.165) is 25.1 Å². The van der Waals surface area contributed by atoms with Crippen LogP contribution in [-0.2, 0) is 4.79 Å². The van der Waals surface area contributed by atoms with Gasteiger partial charge >= 0.3 is 0 Å². The maximum Gasteiger partial charge on any atom is 0.241 e. The van der Waals surface area contributed by atoms with Crippen molar-refractivity contribution in [3.8, 4) is 0 Å². The van der Waals surface area contributed by atoms with E-state index in [1.165, 1.54) is 12.0 Å². The molecule has 1 aliphatic rings. The Kier molecular flexibility index (Phi) is 4.37. The number of rotatable bonds is 3. The summed E-state index contributed by atoms with van der Waals surface area (Å²) < 4.78 is 0. The molecule has 3 nitrogen and oxygen atoms in total. The second-order valence-corrected chi connectivity index (χ2v) is 5.27. The molecule has 1 amide bonds. The van der Waals surface area contributed by atoms with Gasteiger partial charge in [-0.1, -0.05) is 32.4 Å². The summed E-state index contributed by atoms with van der Waals surface area (Å²) in [5.74, 6) is 0.574. The number of nitrogens with one attached hydrogen (secondary N) is 2. The van der Waals surface area contributed by atoms with Crippen molar-refractivity contribution in [3.63, 3.8) is 0 Å². The van der Waals surface area contributed by atoms with Crippen molar-refractivity contribution in [2.75, 3.05) is 11.9 Å². The summed E-state index contributed by atoms with van der Waals surface area (Å²) in [6, 6.07) is 8.08. The standard InChI is InChI=1S/C15H22N2O/c1-11(2)12-6-5-7-13(10-12)17-15(18)14-8-3-4-9-16-14/h5-7,10-11,14,16H,3-4,8-9H2,1-2H3,(H,17,18)/t14-/m0/s1. The van der Waals surface area contributed by atoms with Gasteiger partial charge in [0.15, 0.2) is 0 Å². The fraction of sp³-hybridized carbons (Fsp3) is 0.533. The van der Waals surface area contributed by atoms with Gasteiger partial charge in [0.25, 0.3) is 0 Å². The van der Waals surface area contributed by atoms with Crippen molar-refractivity contribution in [2.24, 2.45) is 0 Å². The average Bonchev–Trinajstić information content (AvgIpc) is 2.40. The van der Waals surface area contributed by atoms with E-state index in [-0.39, 0.29) is 11.9 Å². The zero-order valence-corrected chi connectivity index (χ0v) is 11.2. The highest BCUT2D eigenvalue weighted by Crippen LogP contribution is 2.19. The maximum atomic E-state index is 12.1. The van der Waals surface area contributed by atoms with Crippen molar-refractivity contribution in [1.82, 2.24) is 5.32 Å². The number of hydrogen-bond acceptors (Lipinski definition) is 2. The summed E-state index contributed by atoms with van der Waals surface area (Å²) in [6.45, 7) is 5.26. The minimum atomic E-state index is -0.0264. The Balaban J connectivity index is 1.99. The largest absolute Gasteiger partial charge is 0.325 e. The summed E-state index contributed by atoms with van der Waals surface area (Å²) in [5, 5.41) is 6.27.